The number of carboxylic acid groups (broad SMARTS) is 1. The molecule has 2 aliphatic carbocycles. The summed E-state index contributed by atoms with van der Waals surface area (Å²) in [4.78, 5) is 37.3. The number of hydrogen-bond donors (Lipinski definition) is 3. The molecule has 2 amide bonds. The molecule has 148 valence electrons. The van der Waals surface area contributed by atoms with Crippen LogP contribution in [0.25, 0.3) is 0 Å². The van der Waals surface area contributed by atoms with Gasteiger partial charge in [-0.15, -0.1) is 11.3 Å². The molecular weight excluding hydrogens is 364 g/mol. The number of anilines is 1. The van der Waals surface area contributed by atoms with Crippen molar-refractivity contribution in [1.29, 1.82) is 0 Å². The van der Waals surface area contributed by atoms with Gasteiger partial charge in [0.1, 0.15) is 5.00 Å². The second kappa shape index (κ2) is 8.42. The lowest BCUT2D eigenvalue weighted by atomic mass is 9.85. The van der Waals surface area contributed by atoms with Crippen molar-refractivity contribution in [3.8, 4) is 0 Å². The van der Waals surface area contributed by atoms with Gasteiger partial charge in [0.25, 0.3) is 5.91 Å². The van der Waals surface area contributed by atoms with Crippen LogP contribution in [-0.2, 0) is 22.4 Å². The number of rotatable bonds is 8. The lowest BCUT2D eigenvalue weighted by Crippen LogP contribution is -2.28. The molecule has 3 N–H and O–H groups in total. The molecule has 1 saturated carbocycles. The van der Waals surface area contributed by atoms with Gasteiger partial charge in [-0.1, -0.05) is 20.3 Å². The molecule has 0 saturated heterocycles. The monoisotopic (exact) mass is 392 g/mol. The molecule has 6 nitrogen and oxygen atoms in total. The van der Waals surface area contributed by atoms with E-state index < -0.39 is 5.97 Å². The highest BCUT2D eigenvalue weighted by Crippen LogP contribution is 2.41. The Morgan fingerprint density at radius 3 is 2.59 bits per heavy atom. The van der Waals surface area contributed by atoms with Crippen LogP contribution in [0, 0.1) is 11.8 Å². The van der Waals surface area contributed by atoms with Gasteiger partial charge in [0.05, 0.1) is 5.56 Å². The summed E-state index contributed by atoms with van der Waals surface area (Å²) in [6.45, 7) is 3.94. The van der Waals surface area contributed by atoms with Crippen LogP contribution < -0.4 is 10.6 Å². The van der Waals surface area contributed by atoms with Crippen molar-refractivity contribution >= 4 is 34.1 Å². The number of carbonyl (C=O) groups is 3. The minimum Gasteiger partial charge on any atom is -0.481 e. The van der Waals surface area contributed by atoms with E-state index in [4.69, 9.17) is 5.11 Å². The van der Waals surface area contributed by atoms with Gasteiger partial charge in [-0.3, -0.25) is 14.4 Å². The standard InChI is InChI=1S/C20H28N2O4S/c1-3-12-4-7-14-15(10-12)27-20(18(14)19(26)21-13-5-6-13)22-16(23)8-11(2)9-17(24)25/h11-13H,3-10H2,1-2H3,(H,21,26)(H,22,23)(H,24,25)/t11-,12-/m0/s1. The molecule has 1 fully saturated rings. The maximum absolute atomic E-state index is 12.8. The van der Waals surface area contributed by atoms with Crippen LogP contribution in [0.15, 0.2) is 0 Å². The fourth-order valence-electron chi connectivity index (χ4n) is 3.68. The molecule has 3 rings (SSSR count). The number of thiophene rings is 1. The van der Waals surface area contributed by atoms with Crippen molar-refractivity contribution < 1.29 is 19.5 Å². The van der Waals surface area contributed by atoms with E-state index in [1.54, 1.807) is 6.92 Å². The molecule has 0 unspecified atom stereocenters. The molecule has 0 bridgehead atoms. The number of fused-ring (bicyclic) bond motifs is 1. The molecule has 0 radical (unpaired) electrons. The molecule has 27 heavy (non-hydrogen) atoms. The van der Waals surface area contributed by atoms with Gasteiger partial charge in [0.15, 0.2) is 0 Å². The first kappa shape index (κ1) is 19.9. The van der Waals surface area contributed by atoms with Crippen LogP contribution in [-0.4, -0.2) is 28.9 Å². The Bertz CT molecular complexity index is 739. The van der Waals surface area contributed by atoms with Gasteiger partial charge in [-0.25, -0.2) is 0 Å². The van der Waals surface area contributed by atoms with E-state index in [-0.39, 0.29) is 36.6 Å². The smallest absolute Gasteiger partial charge is 0.303 e. The Morgan fingerprint density at radius 2 is 1.96 bits per heavy atom. The maximum Gasteiger partial charge on any atom is 0.303 e. The van der Waals surface area contributed by atoms with Crippen molar-refractivity contribution in [2.45, 2.75) is 71.3 Å². The van der Waals surface area contributed by atoms with Gasteiger partial charge in [0, 0.05) is 23.8 Å². The normalized spacial score (nSPS) is 19.9. The Kier molecular flexibility index (Phi) is 6.19. The minimum absolute atomic E-state index is 0.0401. The first-order valence-electron chi connectivity index (χ1n) is 9.84. The summed E-state index contributed by atoms with van der Waals surface area (Å²) in [6, 6.07) is 0.263. The van der Waals surface area contributed by atoms with E-state index in [9.17, 15) is 14.4 Å². The van der Waals surface area contributed by atoms with Crippen molar-refractivity contribution in [1.82, 2.24) is 5.32 Å². The average molecular weight is 393 g/mol. The number of hydrogen-bond acceptors (Lipinski definition) is 4. The quantitative estimate of drug-likeness (QED) is 0.630. The Labute approximate surface area is 163 Å². The molecule has 1 aromatic rings. The lowest BCUT2D eigenvalue weighted by Gasteiger charge is -2.21. The molecule has 0 spiro atoms. The zero-order valence-corrected chi connectivity index (χ0v) is 16.8. The van der Waals surface area contributed by atoms with Gasteiger partial charge in [0.2, 0.25) is 5.91 Å². The Balaban J connectivity index is 1.78. The van der Waals surface area contributed by atoms with Gasteiger partial charge in [-0.2, -0.15) is 0 Å². The first-order chi connectivity index (χ1) is 12.9. The molecule has 7 heteroatoms. The first-order valence-corrected chi connectivity index (χ1v) is 10.7. The highest BCUT2D eigenvalue weighted by atomic mass is 32.1. The second-order valence-electron chi connectivity index (χ2n) is 7.93. The summed E-state index contributed by atoms with van der Waals surface area (Å²) in [5.74, 6) is -0.828. The third-order valence-corrected chi connectivity index (χ3v) is 6.56. The molecule has 1 heterocycles. The van der Waals surface area contributed by atoms with Crippen molar-refractivity contribution in [3.05, 3.63) is 16.0 Å². The van der Waals surface area contributed by atoms with E-state index in [0.29, 0.717) is 16.5 Å². The van der Waals surface area contributed by atoms with Crippen LogP contribution in [0.5, 0.6) is 0 Å². The molecule has 2 aliphatic rings. The van der Waals surface area contributed by atoms with E-state index in [1.165, 1.54) is 16.2 Å². The molecule has 0 aliphatic heterocycles. The Hall–Kier alpha value is -1.89. The molecular formula is C20H28N2O4S. The topological polar surface area (TPSA) is 95.5 Å². The fraction of sp³-hybridized carbons (Fsp3) is 0.650. The highest BCUT2D eigenvalue weighted by molar-refractivity contribution is 7.17. The largest absolute Gasteiger partial charge is 0.481 e. The zero-order valence-electron chi connectivity index (χ0n) is 16.0. The van der Waals surface area contributed by atoms with E-state index in [0.717, 1.165) is 44.1 Å². The summed E-state index contributed by atoms with van der Waals surface area (Å²) in [6.07, 6.45) is 6.17. The summed E-state index contributed by atoms with van der Waals surface area (Å²) >= 11 is 1.52. The minimum atomic E-state index is -0.906. The third kappa shape index (κ3) is 5.09. The predicted molar refractivity (Wildman–Crippen MR) is 105 cm³/mol. The molecule has 0 aromatic carbocycles. The van der Waals surface area contributed by atoms with Gasteiger partial charge < -0.3 is 15.7 Å². The van der Waals surface area contributed by atoms with Crippen molar-refractivity contribution in [2.75, 3.05) is 5.32 Å². The third-order valence-electron chi connectivity index (χ3n) is 5.39. The number of aliphatic carboxylic acids is 1. The summed E-state index contributed by atoms with van der Waals surface area (Å²) in [7, 11) is 0. The van der Waals surface area contributed by atoms with Crippen LogP contribution in [0.4, 0.5) is 5.00 Å². The highest BCUT2D eigenvalue weighted by Gasteiger charge is 2.32. The van der Waals surface area contributed by atoms with Gasteiger partial charge in [-0.05, 0) is 49.5 Å². The lowest BCUT2D eigenvalue weighted by molar-refractivity contribution is -0.138. The maximum atomic E-state index is 12.8. The second-order valence-corrected chi connectivity index (χ2v) is 9.03. The summed E-state index contributed by atoms with van der Waals surface area (Å²) in [5.41, 5.74) is 1.73. The zero-order chi connectivity index (χ0) is 19.6. The van der Waals surface area contributed by atoms with E-state index in [1.807, 2.05) is 0 Å². The van der Waals surface area contributed by atoms with Gasteiger partial charge >= 0.3 is 5.97 Å². The average Bonchev–Trinajstić information content (AvgIpc) is 3.32. The Morgan fingerprint density at radius 1 is 1.22 bits per heavy atom. The number of carbonyl (C=O) groups excluding carboxylic acids is 2. The van der Waals surface area contributed by atoms with Crippen LogP contribution in [0.2, 0.25) is 0 Å². The van der Waals surface area contributed by atoms with Crippen molar-refractivity contribution in [3.63, 3.8) is 0 Å². The summed E-state index contributed by atoms with van der Waals surface area (Å²) in [5, 5.41) is 15.5. The fourth-order valence-corrected chi connectivity index (χ4v) is 5.06. The molecule has 1 aromatic heterocycles. The molecule has 2 atom stereocenters. The predicted octanol–water partition coefficient (Wildman–Crippen LogP) is 3.59. The summed E-state index contributed by atoms with van der Waals surface area (Å²) < 4.78 is 0. The van der Waals surface area contributed by atoms with E-state index >= 15 is 0 Å². The van der Waals surface area contributed by atoms with Crippen molar-refractivity contribution in [2.24, 2.45) is 11.8 Å². The van der Waals surface area contributed by atoms with Crippen LogP contribution >= 0.6 is 11.3 Å². The van der Waals surface area contributed by atoms with E-state index in [2.05, 4.69) is 17.6 Å². The number of carboxylic acids is 1. The van der Waals surface area contributed by atoms with Crippen LogP contribution in [0.3, 0.4) is 0 Å². The number of nitrogens with one attached hydrogen (secondary N) is 2. The number of amides is 2. The van der Waals surface area contributed by atoms with Crippen LogP contribution in [0.1, 0.15) is 73.2 Å². The SMILES string of the molecule is CC[C@H]1CCc2c(sc(NC(=O)C[C@H](C)CC(=O)O)c2C(=O)NC2CC2)C1.